The van der Waals surface area contributed by atoms with Gasteiger partial charge in [-0.3, -0.25) is 0 Å². The van der Waals surface area contributed by atoms with Gasteiger partial charge >= 0.3 is 0 Å². The Kier molecular flexibility index (Phi) is 4.83. The Bertz CT molecular complexity index is 401. The quantitative estimate of drug-likeness (QED) is 0.821. The van der Waals surface area contributed by atoms with Crippen molar-refractivity contribution in [2.24, 2.45) is 5.92 Å². The summed E-state index contributed by atoms with van der Waals surface area (Å²) in [5.41, 5.74) is 2.15. The van der Waals surface area contributed by atoms with Gasteiger partial charge in [-0.15, -0.1) is 0 Å². The van der Waals surface area contributed by atoms with Crippen LogP contribution in [0.5, 0.6) is 0 Å². The summed E-state index contributed by atoms with van der Waals surface area (Å²) < 4.78 is 5.24. The van der Waals surface area contributed by atoms with E-state index in [-0.39, 0.29) is 0 Å². The molecule has 1 N–H and O–H groups in total. The molecule has 1 aliphatic carbocycles. The number of hydrogen-bond donors (Lipinski definition) is 1. The Balaban J connectivity index is 2.25. The molecular weight excluding hydrogens is 238 g/mol. The van der Waals surface area contributed by atoms with E-state index in [1.807, 2.05) is 25.1 Å². The second kappa shape index (κ2) is 6.40. The number of rotatable bonds is 7. The maximum atomic E-state index is 9.96. The van der Waals surface area contributed by atoms with Gasteiger partial charge in [0, 0.05) is 30.9 Å². The fraction of sp³-hybridized carbons (Fsp3) is 0.625. The molecule has 1 unspecified atom stereocenters. The van der Waals surface area contributed by atoms with Crippen LogP contribution in [-0.2, 0) is 4.74 Å². The molecule has 0 spiro atoms. The van der Waals surface area contributed by atoms with Gasteiger partial charge in [0.1, 0.15) is 0 Å². The monoisotopic (exact) mass is 263 g/mol. The molecule has 0 aliphatic heterocycles. The van der Waals surface area contributed by atoms with Gasteiger partial charge in [-0.1, -0.05) is 18.2 Å². The third kappa shape index (κ3) is 3.48. The van der Waals surface area contributed by atoms with Gasteiger partial charge in [-0.05, 0) is 38.7 Å². The molecule has 3 nitrogen and oxygen atoms in total. The van der Waals surface area contributed by atoms with Crippen molar-refractivity contribution in [2.45, 2.75) is 38.8 Å². The molecule has 2 rings (SSSR count). The first-order chi connectivity index (χ1) is 9.15. The number of aliphatic hydroxyl groups excluding tert-OH is 1. The highest BCUT2D eigenvalue weighted by atomic mass is 16.5. The smallest absolute Gasteiger partial charge is 0.0781 e. The molecule has 1 aromatic rings. The predicted octanol–water partition coefficient (Wildman–Crippen LogP) is 2.99. The van der Waals surface area contributed by atoms with Gasteiger partial charge in [0.2, 0.25) is 0 Å². The zero-order valence-corrected chi connectivity index (χ0v) is 12.2. The van der Waals surface area contributed by atoms with Crippen LogP contribution in [0, 0.1) is 5.92 Å². The number of methoxy groups -OCH3 is 1. The summed E-state index contributed by atoms with van der Waals surface area (Å²) in [6.45, 7) is 5.70. The van der Waals surface area contributed by atoms with Crippen LogP contribution in [0.25, 0.3) is 0 Å². The first-order valence-electron chi connectivity index (χ1n) is 7.17. The average Bonchev–Trinajstić information content (AvgIpc) is 3.23. The molecule has 1 saturated carbocycles. The molecule has 0 saturated heterocycles. The van der Waals surface area contributed by atoms with Gasteiger partial charge in [-0.2, -0.15) is 0 Å². The molecule has 1 aromatic carbocycles. The number of benzene rings is 1. The van der Waals surface area contributed by atoms with E-state index >= 15 is 0 Å². The van der Waals surface area contributed by atoms with E-state index in [9.17, 15) is 5.11 Å². The molecule has 19 heavy (non-hydrogen) atoms. The van der Waals surface area contributed by atoms with Crippen molar-refractivity contribution in [1.82, 2.24) is 0 Å². The maximum absolute atomic E-state index is 9.96. The molecule has 2 atom stereocenters. The van der Waals surface area contributed by atoms with Gasteiger partial charge in [0.05, 0.1) is 12.7 Å². The van der Waals surface area contributed by atoms with Crippen LogP contribution >= 0.6 is 0 Å². The van der Waals surface area contributed by atoms with Crippen LogP contribution < -0.4 is 4.90 Å². The summed E-state index contributed by atoms with van der Waals surface area (Å²) in [7, 11) is 1.74. The zero-order valence-electron chi connectivity index (χ0n) is 12.2. The minimum Gasteiger partial charge on any atom is -0.389 e. The Hall–Kier alpha value is -1.06. The molecule has 106 valence electrons. The van der Waals surface area contributed by atoms with Crippen molar-refractivity contribution < 1.29 is 9.84 Å². The Morgan fingerprint density at radius 3 is 2.58 bits per heavy atom. The van der Waals surface area contributed by atoms with E-state index in [4.69, 9.17) is 4.74 Å². The van der Waals surface area contributed by atoms with E-state index in [2.05, 4.69) is 17.9 Å². The summed E-state index contributed by atoms with van der Waals surface area (Å²) in [6.07, 6.45) is 2.20. The lowest BCUT2D eigenvalue weighted by molar-refractivity contribution is 0.196. The van der Waals surface area contributed by atoms with E-state index in [1.54, 1.807) is 7.11 Å². The molecule has 1 fully saturated rings. The zero-order chi connectivity index (χ0) is 13.8. The second-order valence-corrected chi connectivity index (χ2v) is 5.50. The summed E-state index contributed by atoms with van der Waals surface area (Å²) in [6, 6.07) is 8.66. The fourth-order valence-corrected chi connectivity index (χ4v) is 2.67. The SMILES string of the molecule is COCCN(c1ccccc1[C@H](C)O)C(C)C1CC1. The van der Waals surface area contributed by atoms with E-state index < -0.39 is 6.10 Å². The Labute approximate surface area is 116 Å². The molecule has 1 aliphatic rings. The topological polar surface area (TPSA) is 32.7 Å². The van der Waals surface area contributed by atoms with Crippen LogP contribution in [0.2, 0.25) is 0 Å². The molecule has 0 amide bonds. The molecular formula is C16H25NO2. The Morgan fingerprint density at radius 2 is 2.00 bits per heavy atom. The first-order valence-corrected chi connectivity index (χ1v) is 7.17. The minimum absolute atomic E-state index is 0.437. The highest BCUT2D eigenvalue weighted by molar-refractivity contribution is 5.55. The van der Waals surface area contributed by atoms with Crippen LogP contribution in [0.15, 0.2) is 24.3 Å². The largest absolute Gasteiger partial charge is 0.389 e. The molecule has 0 aromatic heterocycles. The summed E-state index contributed by atoms with van der Waals surface area (Å²) in [5.74, 6) is 0.791. The lowest BCUT2D eigenvalue weighted by Crippen LogP contribution is -2.38. The number of para-hydroxylation sites is 1. The number of ether oxygens (including phenoxy) is 1. The lowest BCUT2D eigenvalue weighted by Gasteiger charge is -2.33. The molecule has 3 heteroatoms. The van der Waals surface area contributed by atoms with E-state index in [0.717, 1.165) is 23.7 Å². The second-order valence-electron chi connectivity index (χ2n) is 5.50. The first kappa shape index (κ1) is 14.4. The van der Waals surface area contributed by atoms with Gasteiger partial charge in [0.15, 0.2) is 0 Å². The molecule has 0 bridgehead atoms. The summed E-state index contributed by atoms with van der Waals surface area (Å²) in [5, 5.41) is 9.96. The van der Waals surface area contributed by atoms with Crippen LogP contribution in [0.1, 0.15) is 38.4 Å². The van der Waals surface area contributed by atoms with Crippen LogP contribution in [0.3, 0.4) is 0 Å². The lowest BCUT2D eigenvalue weighted by atomic mass is 10.0. The third-order valence-electron chi connectivity index (χ3n) is 4.03. The fourth-order valence-electron chi connectivity index (χ4n) is 2.67. The molecule has 0 heterocycles. The maximum Gasteiger partial charge on any atom is 0.0781 e. The van der Waals surface area contributed by atoms with Crippen molar-refractivity contribution >= 4 is 5.69 Å². The summed E-state index contributed by atoms with van der Waals surface area (Å²) in [4.78, 5) is 2.39. The normalized spacial score (nSPS) is 18.1. The molecule has 0 radical (unpaired) electrons. The van der Waals surface area contributed by atoms with Crippen molar-refractivity contribution in [1.29, 1.82) is 0 Å². The number of hydrogen-bond acceptors (Lipinski definition) is 3. The van der Waals surface area contributed by atoms with Gasteiger partial charge in [0.25, 0.3) is 0 Å². The van der Waals surface area contributed by atoms with Crippen molar-refractivity contribution in [3.05, 3.63) is 29.8 Å². The minimum atomic E-state index is -0.437. The highest BCUT2D eigenvalue weighted by Crippen LogP contribution is 2.38. The van der Waals surface area contributed by atoms with Crippen LogP contribution in [0.4, 0.5) is 5.69 Å². The standard InChI is InChI=1S/C16H25NO2/c1-12(14-8-9-14)17(10-11-19-3)16-7-5-4-6-15(16)13(2)18/h4-7,12-14,18H,8-11H2,1-3H3/t12?,13-/m0/s1. The van der Waals surface area contributed by atoms with Crippen molar-refractivity contribution in [3.63, 3.8) is 0 Å². The number of aliphatic hydroxyl groups is 1. The van der Waals surface area contributed by atoms with Crippen molar-refractivity contribution in [2.75, 3.05) is 25.2 Å². The van der Waals surface area contributed by atoms with Crippen LogP contribution in [-0.4, -0.2) is 31.4 Å². The van der Waals surface area contributed by atoms with E-state index in [1.165, 1.54) is 12.8 Å². The average molecular weight is 263 g/mol. The van der Waals surface area contributed by atoms with Gasteiger partial charge < -0.3 is 14.7 Å². The highest BCUT2D eigenvalue weighted by Gasteiger charge is 2.32. The predicted molar refractivity (Wildman–Crippen MR) is 78.5 cm³/mol. The Morgan fingerprint density at radius 1 is 1.32 bits per heavy atom. The number of anilines is 1. The van der Waals surface area contributed by atoms with Crippen molar-refractivity contribution in [3.8, 4) is 0 Å². The summed E-state index contributed by atoms with van der Waals surface area (Å²) >= 11 is 0. The van der Waals surface area contributed by atoms with Gasteiger partial charge in [-0.25, -0.2) is 0 Å². The number of nitrogens with zero attached hydrogens (tertiary/aromatic N) is 1. The van der Waals surface area contributed by atoms with E-state index in [0.29, 0.717) is 12.6 Å². The third-order valence-corrected chi connectivity index (χ3v) is 4.03.